The summed E-state index contributed by atoms with van der Waals surface area (Å²) in [5.41, 5.74) is -0.194. The summed E-state index contributed by atoms with van der Waals surface area (Å²) < 4.78 is 0. The quantitative estimate of drug-likeness (QED) is 0.800. The van der Waals surface area contributed by atoms with Crippen LogP contribution in [0.15, 0.2) is 30.3 Å². The molecule has 1 fully saturated rings. The lowest BCUT2D eigenvalue weighted by Gasteiger charge is -2.37. The molecule has 126 valence electrons. The fourth-order valence-corrected chi connectivity index (χ4v) is 3.09. The van der Waals surface area contributed by atoms with Gasteiger partial charge in [0.05, 0.1) is 0 Å². The summed E-state index contributed by atoms with van der Waals surface area (Å²) in [5.74, 6) is 0.480. The van der Waals surface area contributed by atoms with Crippen LogP contribution in [-0.4, -0.2) is 36.3 Å². The summed E-state index contributed by atoms with van der Waals surface area (Å²) in [5, 5.41) is 0. The first-order valence-corrected chi connectivity index (χ1v) is 8.54. The Morgan fingerprint density at radius 1 is 1.17 bits per heavy atom. The predicted molar refractivity (Wildman–Crippen MR) is 93.2 cm³/mol. The molecule has 1 heterocycles. The normalized spacial score (nSPS) is 16.3. The minimum Gasteiger partial charge on any atom is -0.342 e. The van der Waals surface area contributed by atoms with Gasteiger partial charge in [-0.05, 0) is 51.7 Å². The third kappa shape index (κ3) is 3.74. The van der Waals surface area contributed by atoms with Crippen LogP contribution in [0.3, 0.4) is 0 Å². The SMILES string of the molecule is CCN(C(=O)C(C)(C)C(=O)N1CCC(C)CC1)c1ccccc1. The fraction of sp³-hybridized carbons (Fsp3) is 0.579. The molecule has 0 spiro atoms. The molecule has 0 unspecified atom stereocenters. The van der Waals surface area contributed by atoms with Crippen LogP contribution in [0.25, 0.3) is 0 Å². The molecule has 2 rings (SSSR count). The van der Waals surface area contributed by atoms with E-state index in [-0.39, 0.29) is 11.8 Å². The van der Waals surface area contributed by atoms with E-state index in [4.69, 9.17) is 0 Å². The van der Waals surface area contributed by atoms with E-state index in [1.54, 1.807) is 18.7 Å². The lowest BCUT2D eigenvalue weighted by atomic mass is 9.87. The van der Waals surface area contributed by atoms with E-state index in [0.717, 1.165) is 31.6 Å². The van der Waals surface area contributed by atoms with Gasteiger partial charge in [0.1, 0.15) is 5.41 Å². The maximum Gasteiger partial charge on any atom is 0.242 e. The molecular weight excluding hydrogens is 288 g/mol. The smallest absolute Gasteiger partial charge is 0.242 e. The van der Waals surface area contributed by atoms with E-state index in [9.17, 15) is 9.59 Å². The molecule has 0 N–H and O–H groups in total. The van der Waals surface area contributed by atoms with Crippen LogP contribution >= 0.6 is 0 Å². The van der Waals surface area contributed by atoms with Gasteiger partial charge < -0.3 is 9.80 Å². The molecule has 0 aromatic heterocycles. The lowest BCUT2D eigenvalue weighted by molar-refractivity contribution is -0.148. The summed E-state index contributed by atoms with van der Waals surface area (Å²) in [7, 11) is 0. The maximum absolute atomic E-state index is 13.0. The first kappa shape index (κ1) is 17.5. The summed E-state index contributed by atoms with van der Waals surface area (Å²) in [6.07, 6.45) is 2.04. The zero-order valence-electron chi connectivity index (χ0n) is 14.7. The molecule has 4 nitrogen and oxygen atoms in total. The van der Waals surface area contributed by atoms with Crippen molar-refractivity contribution in [1.82, 2.24) is 4.90 Å². The number of hydrogen-bond donors (Lipinski definition) is 0. The van der Waals surface area contributed by atoms with Gasteiger partial charge in [-0.3, -0.25) is 9.59 Å². The Bertz CT molecular complexity index is 546. The van der Waals surface area contributed by atoms with Crippen molar-refractivity contribution in [2.75, 3.05) is 24.5 Å². The van der Waals surface area contributed by atoms with Crippen LogP contribution in [-0.2, 0) is 9.59 Å². The van der Waals surface area contributed by atoms with E-state index >= 15 is 0 Å². The first-order valence-electron chi connectivity index (χ1n) is 8.54. The van der Waals surface area contributed by atoms with Crippen LogP contribution in [0.5, 0.6) is 0 Å². The average molecular weight is 316 g/mol. The number of likely N-dealkylation sites (tertiary alicyclic amines) is 1. The Kier molecular flexibility index (Phi) is 5.45. The number of benzene rings is 1. The van der Waals surface area contributed by atoms with Crippen LogP contribution in [0.1, 0.15) is 40.5 Å². The molecule has 0 bridgehead atoms. The van der Waals surface area contributed by atoms with Crippen molar-refractivity contribution in [2.45, 2.75) is 40.5 Å². The van der Waals surface area contributed by atoms with Gasteiger partial charge in [-0.2, -0.15) is 0 Å². The number of hydrogen-bond acceptors (Lipinski definition) is 2. The predicted octanol–water partition coefficient (Wildman–Crippen LogP) is 3.32. The number of amides is 2. The molecule has 1 saturated heterocycles. The number of para-hydroxylation sites is 1. The van der Waals surface area contributed by atoms with E-state index in [0.29, 0.717) is 12.5 Å². The van der Waals surface area contributed by atoms with Crippen molar-refractivity contribution >= 4 is 17.5 Å². The van der Waals surface area contributed by atoms with Gasteiger partial charge >= 0.3 is 0 Å². The van der Waals surface area contributed by atoms with Gasteiger partial charge in [-0.25, -0.2) is 0 Å². The minimum absolute atomic E-state index is 0.0521. The zero-order valence-corrected chi connectivity index (χ0v) is 14.7. The zero-order chi connectivity index (χ0) is 17.0. The van der Waals surface area contributed by atoms with Crippen molar-refractivity contribution in [3.05, 3.63) is 30.3 Å². The number of piperidine rings is 1. The Balaban J connectivity index is 2.16. The number of nitrogens with zero attached hydrogens (tertiary/aromatic N) is 2. The van der Waals surface area contributed by atoms with Gasteiger partial charge in [0.15, 0.2) is 0 Å². The second kappa shape index (κ2) is 7.16. The van der Waals surface area contributed by atoms with Crippen molar-refractivity contribution in [3.63, 3.8) is 0 Å². The molecule has 2 amide bonds. The van der Waals surface area contributed by atoms with Crippen molar-refractivity contribution in [2.24, 2.45) is 11.3 Å². The Morgan fingerprint density at radius 2 is 1.74 bits per heavy atom. The standard InChI is InChI=1S/C19H28N2O2/c1-5-21(16-9-7-6-8-10-16)18(23)19(3,4)17(22)20-13-11-15(2)12-14-20/h6-10,15H,5,11-14H2,1-4H3. The summed E-state index contributed by atoms with van der Waals surface area (Å²) in [4.78, 5) is 29.5. The number of carbonyl (C=O) groups excluding carboxylic acids is 2. The molecule has 4 heteroatoms. The Labute approximate surface area is 139 Å². The third-order valence-corrected chi connectivity index (χ3v) is 4.77. The molecule has 1 aliphatic rings. The highest BCUT2D eigenvalue weighted by atomic mass is 16.2. The monoisotopic (exact) mass is 316 g/mol. The second-order valence-corrected chi connectivity index (χ2v) is 6.98. The second-order valence-electron chi connectivity index (χ2n) is 6.98. The largest absolute Gasteiger partial charge is 0.342 e. The van der Waals surface area contributed by atoms with Gasteiger partial charge in [0.25, 0.3) is 0 Å². The highest BCUT2D eigenvalue weighted by molar-refractivity contribution is 6.11. The highest BCUT2D eigenvalue weighted by Gasteiger charge is 2.42. The molecule has 1 aromatic carbocycles. The highest BCUT2D eigenvalue weighted by Crippen LogP contribution is 2.28. The van der Waals surface area contributed by atoms with E-state index in [1.165, 1.54) is 0 Å². The molecule has 1 aliphatic heterocycles. The lowest BCUT2D eigenvalue weighted by Crippen LogP contribution is -2.52. The van der Waals surface area contributed by atoms with E-state index < -0.39 is 5.41 Å². The molecule has 0 atom stereocenters. The van der Waals surface area contributed by atoms with Crippen LogP contribution in [0.2, 0.25) is 0 Å². The fourth-order valence-electron chi connectivity index (χ4n) is 3.09. The summed E-state index contributed by atoms with van der Waals surface area (Å²) in [6.45, 7) is 9.72. The van der Waals surface area contributed by atoms with Crippen molar-refractivity contribution < 1.29 is 9.59 Å². The molecule has 0 aliphatic carbocycles. The summed E-state index contributed by atoms with van der Waals surface area (Å²) >= 11 is 0. The molecular formula is C19H28N2O2. The molecule has 0 saturated carbocycles. The number of rotatable bonds is 4. The van der Waals surface area contributed by atoms with Crippen molar-refractivity contribution in [3.8, 4) is 0 Å². The van der Waals surface area contributed by atoms with Crippen LogP contribution in [0.4, 0.5) is 5.69 Å². The van der Waals surface area contributed by atoms with Gasteiger partial charge in [0, 0.05) is 25.3 Å². The van der Waals surface area contributed by atoms with Crippen LogP contribution in [0, 0.1) is 11.3 Å². The Hall–Kier alpha value is -1.84. The molecule has 1 aromatic rings. The number of anilines is 1. The minimum atomic E-state index is -1.04. The third-order valence-electron chi connectivity index (χ3n) is 4.77. The van der Waals surface area contributed by atoms with Gasteiger partial charge in [0.2, 0.25) is 11.8 Å². The van der Waals surface area contributed by atoms with Gasteiger partial charge in [-0.15, -0.1) is 0 Å². The van der Waals surface area contributed by atoms with Crippen molar-refractivity contribution in [1.29, 1.82) is 0 Å². The molecule has 0 radical (unpaired) electrons. The first-order chi connectivity index (χ1) is 10.9. The Morgan fingerprint density at radius 3 is 2.26 bits per heavy atom. The number of carbonyl (C=O) groups is 2. The molecule has 23 heavy (non-hydrogen) atoms. The van der Waals surface area contributed by atoms with Crippen LogP contribution < -0.4 is 4.90 Å². The van der Waals surface area contributed by atoms with Gasteiger partial charge in [-0.1, -0.05) is 25.1 Å². The van der Waals surface area contributed by atoms with E-state index in [1.807, 2.05) is 42.2 Å². The summed E-state index contributed by atoms with van der Waals surface area (Å²) in [6, 6.07) is 9.56. The van der Waals surface area contributed by atoms with E-state index in [2.05, 4.69) is 6.92 Å². The average Bonchev–Trinajstić information content (AvgIpc) is 2.56. The topological polar surface area (TPSA) is 40.6 Å². The maximum atomic E-state index is 13.0.